The van der Waals surface area contributed by atoms with Gasteiger partial charge >= 0.3 is 0 Å². The molecule has 0 amide bonds. The van der Waals surface area contributed by atoms with E-state index < -0.39 is 0 Å². The van der Waals surface area contributed by atoms with Gasteiger partial charge in [-0.1, -0.05) is 45.9 Å². The normalized spacial score (nSPS) is 33.9. The maximum atomic E-state index is 2.72. The van der Waals surface area contributed by atoms with Gasteiger partial charge in [-0.25, -0.2) is 8.97 Å². The first-order chi connectivity index (χ1) is 11.4. The molecule has 0 saturated carbocycles. The third-order valence-electron chi connectivity index (χ3n) is 8.12. The first-order valence-electron chi connectivity index (χ1n) is 9.39. The molecule has 0 N–H and O–H groups in total. The van der Waals surface area contributed by atoms with Gasteiger partial charge in [-0.2, -0.15) is 0 Å². The van der Waals surface area contributed by atoms with Gasteiger partial charge in [0.2, 0.25) is 0 Å². The smallest absolute Gasteiger partial charge is 0.220 e. The average molecular weight is 319 g/mol. The van der Waals surface area contributed by atoms with E-state index in [-0.39, 0.29) is 16.4 Å². The molecule has 0 fully saturated rings. The fraction of sp³-hybridized carbons (Fsp3) is 0.500. The fourth-order valence-electron chi connectivity index (χ4n) is 6.11. The number of imidazole rings is 1. The first kappa shape index (κ1) is 14.5. The Morgan fingerprint density at radius 3 is 2.58 bits per heavy atom. The Labute approximate surface area is 144 Å². The van der Waals surface area contributed by atoms with Crippen molar-refractivity contribution >= 4 is 16.4 Å². The van der Waals surface area contributed by atoms with Crippen LogP contribution >= 0.6 is 0 Å². The van der Waals surface area contributed by atoms with Crippen LogP contribution in [0.2, 0.25) is 0 Å². The Kier molecular flexibility index (Phi) is 2.44. The van der Waals surface area contributed by atoms with Crippen LogP contribution in [-0.4, -0.2) is 4.57 Å². The van der Waals surface area contributed by atoms with Gasteiger partial charge in [0.1, 0.15) is 17.4 Å². The third kappa shape index (κ3) is 1.21. The van der Waals surface area contributed by atoms with E-state index in [1.54, 1.807) is 5.56 Å². The van der Waals surface area contributed by atoms with Crippen molar-refractivity contribution in [2.24, 2.45) is 5.41 Å². The van der Waals surface area contributed by atoms with Crippen LogP contribution in [0.25, 0.3) is 16.4 Å². The predicted octanol–water partition coefficient (Wildman–Crippen LogP) is 4.75. The Balaban J connectivity index is 2.09. The summed E-state index contributed by atoms with van der Waals surface area (Å²) >= 11 is 0. The van der Waals surface area contributed by atoms with E-state index in [1.807, 2.05) is 0 Å². The van der Waals surface area contributed by atoms with Crippen molar-refractivity contribution < 1.29 is 4.40 Å². The van der Waals surface area contributed by atoms with E-state index in [4.69, 9.17) is 0 Å². The summed E-state index contributed by atoms with van der Waals surface area (Å²) in [4.78, 5) is 0. The van der Waals surface area contributed by atoms with E-state index in [0.717, 1.165) is 6.42 Å². The van der Waals surface area contributed by atoms with Gasteiger partial charge in [0.05, 0.1) is 11.6 Å². The molecule has 5 rings (SSSR count). The standard InChI is InChI=1S/C22H27N2/c1-6-20(3)13-16-14-23-12-11-15-9-8-10-17-18(15)19(23)24(16)22(20,5)21(17,4)7-2/h8-12,14H,6-7,13H2,1-5H3/q+1. The molecule has 2 nitrogen and oxygen atoms in total. The number of aromatic nitrogens is 2. The van der Waals surface area contributed by atoms with Crippen molar-refractivity contribution in [1.82, 2.24) is 4.57 Å². The van der Waals surface area contributed by atoms with E-state index in [2.05, 4.69) is 80.2 Å². The molecule has 1 aromatic carbocycles. The summed E-state index contributed by atoms with van der Waals surface area (Å²) in [5, 5.41) is 2.84. The molecule has 3 unspecified atom stereocenters. The summed E-state index contributed by atoms with van der Waals surface area (Å²) in [6.07, 6.45) is 8.17. The van der Waals surface area contributed by atoms with Crippen molar-refractivity contribution in [3.8, 4) is 0 Å². The summed E-state index contributed by atoms with van der Waals surface area (Å²) in [6.45, 7) is 12.3. The van der Waals surface area contributed by atoms with Gasteiger partial charge < -0.3 is 0 Å². The second-order valence-corrected chi connectivity index (χ2v) is 8.62. The van der Waals surface area contributed by atoms with Crippen molar-refractivity contribution in [2.75, 3.05) is 0 Å². The second kappa shape index (κ2) is 4.04. The van der Waals surface area contributed by atoms with Gasteiger partial charge in [0.25, 0.3) is 5.65 Å². The average Bonchev–Trinajstić information content (AvgIpc) is 3.07. The molecule has 0 saturated heterocycles. The third-order valence-corrected chi connectivity index (χ3v) is 8.12. The molecule has 124 valence electrons. The van der Waals surface area contributed by atoms with Crippen LogP contribution in [0.5, 0.6) is 0 Å². The highest BCUT2D eigenvalue weighted by Gasteiger charge is 2.67. The lowest BCUT2D eigenvalue weighted by Crippen LogP contribution is -2.58. The summed E-state index contributed by atoms with van der Waals surface area (Å²) in [7, 11) is 0. The molecule has 0 radical (unpaired) electrons. The minimum absolute atomic E-state index is 0.107. The molecule has 3 atom stereocenters. The zero-order chi connectivity index (χ0) is 16.9. The lowest BCUT2D eigenvalue weighted by atomic mass is 9.53. The molecule has 2 aliphatic rings. The van der Waals surface area contributed by atoms with E-state index in [0.29, 0.717) is 0 Å². The molecule has 0 spiro atoms. The Morgan fingerprint density at radius 2 is 1.88 bits per heavy atom. The van der Waals surface area contributed by atoms with Crippen LogP contribution in [0.3, 0.4) is 0 Å². The summed E-state index contributed by atoms with van der Waals surface area (Å²) in [5.41, 5.74) is 4.99. The highest BCUT2D eigenvalue weighted by Crippen LogP contribution is 2.63. The highest BCUT2D eigenvalue weighted by atomic mass is 15.2. The lowest BCUT2D eigenvalue weighted by molar-refractivity contribution is -0.510. The van der Waals surface area contributed by atoms with Gasteiger partial charge in [-0.05, 0) is 36.8 Å². The molecular formula is C22H27N2+. The molecular weight excluding hydrogens is 292 g/mol. The zero-order valence-corrected chi connectivity index (χ0v) is 15.5. The minimum atomic E-state index is 0.107. The maximum absolute atomic E-state index is 2.72. The van der Waals surface area contributed by atoms with Crippen LogP contribution in [0, 0.1) is 5.41 Å². The van der Waals surface area contributed by atoms with E-state index >= 15 is 0 Å². The highest BCUT2D eigenvalue weighted by molar-refractivity contribution is 5.97. The number of rotatable bonds is 2. The molecule has 2 heteroatoms. The monoisotopic (exact) mass is 319 g/mol. The van der Waals surface area contributed by atoms with E-state index in [9.17, 15) is 0 Å². The fourth-order valence-corrected chi connectivity index (χ4v) is 6.11. The first-order valence-corrected chi connectivity index (χ1v) is 9.39. The van der Waals surface area contributed by atoms with Crippen molar-refractivity contribution in [3.05, 3.63) is 47.9 Å². The molecule has 3 aromatic rings. The van der Waals surface area contributed by atoms with Gasteiger partial charge in [0.15, 0.2) is 0 Å². The molecule has 0 aliphatic carbocycles. The van der Waals surface area contributed by atoms with Crippen LogP contribution in [0.15, 0.2) is 36.7 Å². The number of hydrogen-bond donors (Lipinski definition) is 0. The molecule has 2 aliphatic heterocycles. The topological polar surface area (TPSA) is 9.03 Å². The van der Waals surface area contributed by atoms with Crippen LogP contribution in [0.4, 0.5) is 0 Å². The molecule has 4 heterocycles. The van der Waals surface area contributed by atoms with Crippen molar-refractivity contribution in [1.29, 1.82) is 0 Å². The number of benzene rings is 1. The number of hydrogen-bond acceptors (Lipinski definition) is 0. The second-order valence-electron chi connectivity index (χ2n) is 8.62. The molecule has 0 bridgehead atoms. The molecule has 24 heavy (non-hydrogen) atoms. The quantitative estimate of drug-likeness (QED) is 0.603. The van der Waals surface area contributed by atoms with Crippen LogP contribution in [-0.2, 0) is 17.4 Å². The zero-order valence-electron chi connectivity index (χ0n) is 15.5. The van der Waals surface area contributed by atoms with Gasteiger partial charge in [0, 0.05) is 17.3 Å². The largest absolute Gasteiger partial charge is 0.295 e. The lowest BCUT2D eigenvalue weighted by Gasteiger charge is -2.52. The summed E-state index contributed by atoms with van der Waals surface area (Å²) in [5.74, 6) is 0. The minimum Gasteiger partial charge on any atom is -0.220 e. The maximum Gasteiger partial charge on any atom is 0.295 e. The summed E-state index contributed by atoms with van der Waals surface area (Å²) in [6, 6.07) is 9.19. The Morgan fingerprint density at radius 1 is 1.08 bits per heavy atom. The Hall–Kier alpha value is -1.83. The van der Waals surface area contributed by atoms with Gasteiger partial charge in [-0.15, -0.1) is 0 Å². The SMILES string of the molecule is CCC1(C)Cc2c[n+]3ccc4cccc5c4c3n2C1(C)C5(C)CC. The molecule has 2 aromatic heterocycles. The van der Waals surface area contributed by atoms with E-state index in [1.165, 1.54) is 35.0 Å². The predicted molar refractivity (Wildman–Crippen MR) is 98.5 cm³/mol. The van der Waals surface area contributed by atoms with Crippen molar-refractivity contribution in [3.63, 3.8) is 0 Å². The van der Waals surface area contributed by atoms with Crippen LogP contribution in [0.1, 0.15) is 58.7 Å². The summed E-state index contributed by atoms with van der Waals surface area (Å²) < 4.78 is 5.08. The number of nitrogens with zero attached hydrogens (tertiary/aromatic N) is 2. The van der Waals surface area contributed by atoms with Gasteiger partial charge in [-0.3, -0.25) is 0 Å². The Bertz CT molecular complexity index is 1010. The van der Waals surface area contributed by atoms with Crippen LogP contribution < -0.4 is 4.40 Å². The van der Waals surface area contributed by atoms with Crippen molar-refractivity contribution in [2.45, 2.75) is 64.8 Å². The number of pyridine rings is 1.